The second kappa shape index (κ2) is 9.30. The standard InChI is InChI=1S/C17H20N4O5/c22-17(18-11-9-13-1-5-15(6-2-13)20(23)24)19-12-10-14-3-7-16(8-4-14)21(25)26/h1-3,5-7H,4,8-12H2,(H2,18,19,22). The van der Waals surface area contributed by atoms with E-state index in [1.165, 1.54) is 18.2 Å². The number of hydrogen-bond donors (Lipinski definition) is 2. The van der Waals surface area contributed by atoms with Gasteiger partial charge in [0.1, 0.15) is 0 Å². The van der Waals surface area contributed by atoms with Gasteiger partial charge < -0.3 is 10.6 Å². The van der Waals surface area contributed by atoms with Gasteiger partial charge >= 0.3 is 6.03 Å². The van der Waals surface area contributed by atoms with Crippen molar-refractivity contribution in [3.63, 3.8) is 0 Å². The molecule has 2 rings (SSSR count). The number of hydrogen-bond acceptors (Lipinski definition) is 5. The van der Waals surface area contributed by atoms with E-state index in [1.807, 2.05) is 0 Å². The Balaban J connectivity index is 1.63. The van der Waals surface area contributed by atoms with Crippen LogP contribution in [0.5, 0.6) is 0 Å². The largest absolute Gasteiger partial charge is 0.338 e. The molecule has 1 aliphatic rings. The van der Waals surface area contributed by atoms with Crippen LogP contribution >= 0.6 is 0 Å². The van der Waals surface area contributed by atoms with Crippen LogP contribution in [0.15, 0.2) is 47.7 Å². The summed E-state index contributed by atoms with van der Waals surface area (Å²) < 4.78 is 0. The summed E-state index contributed by atoms with van der Waals surface area (Å²) in [4.78, 5) is 32.1. The van der Waals surface area contributed by atoms with Crippen molar-refractivity contribution in [2.75, 3.05) is 13.1 Å². The van der Waals surface area contributed by atoms with E-state index < -0.39 is 4.92 Å². The molecule has 9 nitrogen and oxygen atoms in total. The molecule has 2 N–H and O–H groups in total. The molecular weight excluding hydrogens is 340 g/mol. The maximum absolute atomic E-state index is 11.7. The number of urea groups is 1. The molecule has 1 aliphatic carbocycles. The highest BCUT2D eigenvalue weighted by Gasteiger charge is 2.14. The number of nitro benzene ring substituents is 1. The summed E-state index contributed by atoms with van der Waals surface area (Å²) in [6.45, 7) is 0.873. The normalized spacial score (nSPS) is 13.4. The lowest BCUT2D eigenvalue weighted by Gasteiger charge is -2.11. The van der Waals surface area contributed by atoms with Gasteiger partial charge in [0.05, 0.1) is 9.85 Å². The predicted octanol–water partition coefficient (Wildman–Crippen LogP) is 2.71. The van der Waals surface area contributed by atoms with E-state index in [1.54, 1.807) is 18.2 Å². The number of nitrogens with zero attached hydrogens (tertiary/aromatic N) is 2. The molecule has 0 aliphatic heterocycles. The molecule has 1 aromatic rings. The van der Waals surface area contributed by atoms with E-state index in [9.17, 15) is 25.0 Å². The number of benzene rings is 1. The Bertz CT molecular complexity index is 740. The second-order valence-electron chi connectivity index (χ2n) is 5.85. The molecule has 9 heteroatoms. The van der Waals surface area contributed by atoms with Gasteiger partial charge in [-0.3, -0.25) is 20.2 Å². The lowest BCUT2D eigenvalue weighted by molar-refractivity contribution is -0.428. The van der Waals surface area contributed by atoms with E-state index in [2.05, 4.69) is 10.6 Å². The molecule has 0 atom stereocenters. The van der Waals surface area contributed by atoms with Crippen LogP contribution in [0.1, 0.15) is 24.8 Å². The zero-order valence-electron chi connectivity index (χ0n) is 14.1. The van der Waals surface area contributed by atoms with Crippen molar-refractivity contribution >= 4 is 11.7 Å². The smallest absolute Gasteiger partial charge is 0.314 e. The van der Waals surface area contributed by atoms with E-state index in [0.29, 0.717) is 38.8 Å². The minimum Gasteiger partial charge on any atom is -0.338 e. The fourth-order valence-electron chi connectivity index (χ4n) is 2.53. The molecule has 0 saturated carbocycles. The zero-order chi connectivity index (χ0) is 18.9. The van der Waals surface area contributed by atoms with Crippen molar-refractivity contribution in [2.45, 2.75) is 25.7 Å². The number of non-ortho nitro benzene ring substituents is 1. The predicted molar refractivity (Wildman–Crippen MR) is 95.2 cm³/mol. The Hall–Kier alpha value is -3.23. The summed E-state index contributed by atoms with van der Waals surface area (Å²) in [5.74, 6) is 0. The summed E-state index contributed by atoms with van der Waals surface area (Å²) in [7, 11) is 0. The van der Waals surface area contributed by atoms with Crippen LogP contribution in [0.25, 0.3) is 0 Å². The van der Waals surface area contributed by atoms with Gasteiger partial charge in [0, 0.05) is 37.7 Å². The number of rotatable bonds is 8. The number of nitrogens with one attached hydrogen (secondary N) is 2. The third-order valence-electron chi connectivity index (χ3n) is 4.03. The molecule has 0 unspecified atom stereocenters. The van der Waals surface area contributed by atoms with Crippen LogP contribution in [-0.2, 0) is 6.42 Å². The summed E-state index contributed by atoms with van der Waals surface area (Å²) in [5.41, 5.74) is 2.22. The van der Waals surface area contributed by atoms with Crippen LogP contribution < -0.4 is 10.6 Å². The third-order valence-corrected chi connectivity index (χ3v) is 4.03. The monoisotopic (exact) mass is 360 g/mol. The first-order valence-corrected chi connectivity index (χ1v) is 8.24. The SMILES string of the molecule is O=C(NCCC1=CC=C([N+](=O)[O-])CC1)NCCc1ccc([N+](=O)[O-])cc1. The molecule has 1 aromatic carbocycles. The van der Waals surface area contributed by atoms with Crippen LogP contribution in [0.4, 0.5) is 10.5 Å². The van der Waals surface area contributed by atoms with Crippen LogP contribution in [0.2, 0.25) is 0 Å². The molecule has 0 bridgehead atoms. The van der Waals surface area contributed by atoms with Crippen molar-refractivity contribution in [3.8, 4) is 0 Å². The van der Waals surface area contributed by atoms with Crippen molar-refractivity contribution in [3.05, 3.63) is 73.5 Å². The highest BCUT2D eigenvalue weighted by Crippen LogP contribution is 2.20. The first-order valence-electron chi connectivity index (χ1n) is 8.24. The molecule has 0 spiro atoms. The molecule has 26 heavy (non-hydrogen) atoms. The van der Waals surface area contributed by atoms with Crippen LogP contribution in [0.3, 0.4) is 0 Å². The highest BCUT2D eigenvalue weighted by atomic mass is 16.6. The van der Waals surface area contributed by atoms with E-state index in [0.717, 1.165) is 11.1 Å². The molecule has 0 radical (unpaired) electrons. The lowest BCUT2D eigenvalue weighted by Crippen LogP contribution is -2.37. The minimum atomic E-state index is -0.453. The average Bonchev–Trinajstić information content (AvgIpc) is 2.62. The molecule has 2 amide bonds. The maximum Gasteiger partial charge on any atom is 0.314 e. The first kappa shape index (κ1) is 19.1. The minimum absolute atomic E-state index is 0.0386. The number of carbonyl (C=O) groups excluding carboxylic acids is 1. The Morgan fingerprint density at radius 1 is 0.923 bits per heavy atom. The summed E-state index contributed by atoms with van der Waals surface area (Å²) >= 11 is 0. The molecular formula is C17H20N4O5. The summed E-state index contributed by atoms with van der Waals surface area (Å²) in [5, 5.41) is 26.7. The summed E-state index contributed by atoms with van der Waals surface area (Å²) in [6, 6.07) is 5.92. The number of amides is 2. The third kappa shape index (κ3) is 6.00. The zero-order valence-corrected chi connectivity index (χ0v) is 14.1. The van der Waals surface area contributed by atoms with Gasteiger partial charge in [-0.05, 0) is 24.8 Å². The number of allylic oxidation sites excluding steroid dienone is 3. The number of carbonyl (C=O) groups is 1. The maximum atomic E-state index is 11.7. The lowest BCUT2D eigenvalue weighted by atomic mass is 10.0. The fraction of sp³-hybridized carbons (Fsp3) is 0.353. The van der Waals surface area contributed by atoms with Crippen molar-refractivity contribution in [1.82, 2.24) is 10.6 Å². The Labute approximate surface area is 150 Å². The van der Waals surface area contributed by atoms with Crippen molar-refractivity contribution in [1.29, 1.82) is 0 Å². The van der Waals surface area contributed by atoms with Crippen LogP contribution in [0, 0.1) is 20.2 Å². The van der Waals surface area contributed by atoms with Gasteiger partial charge in [-0.2, -0.15) is 0 Å². The first-order chi connectivity index (χ1) is 12.5. The van der Waals surface area contributed by atoms with Gasteiger partial charge in [0.2, 0.25) is 5.70 Å². The van der Waals surface area contributed by atoms with Gasteiger partial charge in [0.15, 0.2) is 0 Å². The topological polar surface area (TPSA) is 127 Å². The van der Waals surface area contributed by atoms with Crippen molar-refractivity contribution < 1.29 is 14.6 Å². The molecule has 0 heterocycles. The average molecular weight is 360 g/mol. The van der Waals surface area contributed by atoms with E-state index >= 15 is 0 Å². The molecule has 138 valence electrons. The molecule has 0 aromatic heterocycles. The Kier molecular flexibility index (Phi) is 6.84. The van der Waals surface area contributed by atoms with Gasteiger partial charge in [0.25, 0.3) is 5.69 Å². The van der Waals surface area contributed by atoms with Crippen LogP contribution in [-0.4, -0.2) is 29.0 Å². The summed E-state index contributed by atoms with van der Waals surface area (Å²) in [6.07, 6.45) is 5.54. The molecule has 0 saturated heterocycles. The van der Waals surface area contributed by atoms with Gasteiger partial charge in [-0.1, -0.05) is 23.8 Å². The van der Waals surface area contributed by atoms with E-state index in [4.69, 9.17) is 0 Å². The Morgan fingerprint density at radius 3 is 2.12 bits per heavy atom. The highest BCUT2D eigenvalue weighted by molar-refractivity contribution is 5.73. The number of nitro groups is 2. The van der Waals surface area contributed by atoms with Crippen molar-refractivity contribution in [2.24, 2.45) is 0 Å². The quantitative estimate of drug-likeness (QED) is 0.544. The second-order valence-corrected chi connectivity index (χ2v) is 5.85. The fourth-order valence-corrected chi connectivity index (χ4v) is 2.53. The Morgan fingerprint density at radius 2 is 1.58 bits per heavy atom. The molecule has 0 fully saturated rings. The van der Waals surface area contributed by atoms with Gasteiger partial charge in [-0.25, -0.2) is 4.79 Å². The van der Waals surface area contributed by atoms with E-state index in [-0.39, 0.29) is 22.3 Å². The van der Waals surface area contributed by atoms with Gasteiger partial charge in [-0.15, -0.1) is 0 Å².